The second-order valence-electron chi connectivity index (χ2n) is 10.4. The zero-order valence-corrected chi connectivity index (χ0v) is 24.6. The van der Waals surface area contributed by atoms with Gasteiger partial charge in [0.15, 0.2) is 29.5 Å². The lowest BCUT2D eigenvalue weighted by molar-refractivity contribution is -0.182. The van der Waals surface area contributed by atoms with Crippen molar-refractivity contribution in [2.24, 2.45) is 0 Å². The van der Waals surface area contributed by atoms with Crippen LogP contribution in [0.2, 0.25) is 0 Å². The number of anilines is 1. The van der Waals surface area contributed by atoms with E-state index in [4.69, 9.17) is 24.3 Å². The first-order valence-corrected chi connectivity index (χ1v) is 15.0. The minimum atomic E-state index is -4.75. The number of aromatic nitrogens is 4. The number of rotatable bonds is 11. The van der Waals surface area contributed by atoms with Gasteiger partial charge in [-0.1, -0.05) is 30.3 Å². The Bertz CT molecular complexity index is 1710. The molecule has 1 saturated heterocycles. The van der Waals surface area contributed by atoms with E-state index in [1.165, 1.54) is 19.1 Å². The number of nitrogen functional groups attached to an aromatic ring is 1. The van der Waals surface area contributed by atoms with Gasteiger partial charge < -0.3 is 24.8 Å². The highest BCUT2D eigenvalue weighted by Crippen LogP contribution is 2.50. The average molecular weight is 639 g/mol. The third kappa shape index (κ3) is 6.08. The van der Waals surface area contributed by atoms with Crippen LogP contribution in [0.25, 0.3) is 21.9 Å². The first-order valence-electron chi connectivity index (χ1n) is 13.5. The van der Waals surface area contributed by atoms with Crippen molar-refractivity contribution in [1.82, 2.24) is 24.6 Å². The van der Waals surface area contributed by atoms with Gasteiger partial charge in [0.2, 0.25) is 0 Å². The van der Waals surface area contributed by atoms with Crippen molar-refractivity contribution in [3.05, 3.63) is 55.1 Å². The Morgan fingerprint density at radius 2 is 1.91 bits per heavy atom. The van der Waals surface area contributed by atoms with E-state index in [1.807, 2.05) is 12.1 Å². The number of imidazole rings is 1. The summed E-state index contributed by atoms with van der Waals surface area (Å²) in [6, 6.07) is 10.5. The predicted molar refractivity (Wildman–Crippen MR) is 151 cm³/mol. The van der Waals surface area contributed by atoms with Crippen molar-refractivity contribution >= 4 is 41.5 Å². The molecule has 4 aromatic rings. The molecule has 1 unspecified atom stereocenters. The second kappa shape index (κ2) is 12.3. The lowest BCUT2D eigenvalue weighted by Crippen LogP contribution is -2.51. The zero-order valence-electron chi connectivity index (χ0n) is 23.7. The van der Waals surface area contributed by atoms with Crippen LogP contribution < -0.4 is 15.3 Å². The molecular weight excluding hydrogens is 608 g/mol. The van der Waals surface area contributed by atoms with Gasteiger partial charge in [0.1, 0.15) is 29.7 Å². The van der Waals surface area contributed by atoms with Gasteiger partial charge in [-0.2, -0.15) is 5.09 Å². The largest absolute Gasteiger partial charge is 0.462 e. The van der Waals surface area contributed by atoms with Crippen LogP contribution in [0.4, 0.5) is 19.0 Å². The zero-order chi connectivity index (χ0) is 31.8. The number of aliphatic hydroxyl groups is 1. The van der Waals surface area contributed by atoms with Crippen LogP contribution in [0.1, 0.15) is 27.0 Å². The summed E-state index contributed by atoms with van der Waals surface area (Å²) in [5, 5.41) is 14.6. The molecule has 1 aliphatic rings. The minimum Gasteiger partial charge on any atom is -0.462 e. The van der Waals surface area contributed by atoms with E-state index in [0.717, 1.165) is 22.6 Å². The van der Waals surface area contributed by atoms with Crippen LogP contribution in [0.5, 0.6) is 5.75 Å². The van der Waals surface area contributed by atoms with Crippen LogP contribution in [0, 0.1) is 0 Å². The molecule has 3 heterocycles. The fourth-order valence-electron chi connectivity index (χ4n) is 4.68. The standard InChI is InChI=1S/C27H30F3N6O7P/c1-14(2)41-25(38)15(3)35-44(39,43-18-9-8-16-6-4-5-7-17(16)10-18)40-11-27(26(29)30)21(28)20(37)24(42-27)36-13-34-19-22(31)32-12-33-23(19)36/h4-10,12-15,20-21,24,26,37H,11H2,1-3H3,(H,35,39)(H2,31,32,33)/t15-,20+,21+,24+,27+,44?/m0/s1. The molecule has 1 aliphatic heterocycles. The number of carbonyl (C=O) groups excluding carboxylic acids is 1. The van der Waals surface area contributed by atoms with Crippen LogP contribution in [0.3, 0.4) is 0 Å². The van der Waals surface area contributed by atoms with Gasteiger partial charge in [-0.25, -0.2) is 32.7 Å². The van der Waals surface area contributed by atoms with Gasteiger partial charge in [0.25, 0.3) is 6.43 Å². The smallest absolute Gasteiger partial charge is 0.459 e. The summed E-state index contributed by atoms with van der Waals surface area (Å²) in [6.45, 7) is 3.13. The fraction of sp³-hybridized carbons (Fsp3) is 0.407. The van der Waals surface area contributed by atoms with Crippen LogP contribution in [0.15, 0.2) is 55.1 Å². The van der Waals surface area contributed by atoms with E-state index in [9.17, 15) is 23.2 Å². The van der Waals surface area contributed by atoms with E-state index in [1.54, 1.807) is 32.0 Å². The summed E-state index contributed by atoms with van der Waals surface area (Å²) >= 11 is 0. The van der Waals surface area contributed by atoms with Crippen molar-refractivity contribution < 1.29 is 46.2 Å². The number of hydrogen-bond acceptors (Lipinski definition) is 11. The average Bonchev–Trinajstić information content (AvgIpc) is 3.51. The van der Waals surface area contributed by atoms with Gasteiger partial charge in [-0.05, 0) is 43.7 Å². The van der Waals surface area contributed by atoms with Crippen molar-refractivity contribution in [2.75, 3.05) is 12.3 Å². The Morgan fingerprint density at radius 1 is 1.18 bits per heavy atom. The molecule has 236 valence electrons. The molecule has 5 rings (SSSR count). The predicted octanol–water partition coefficient (Wildman–Crippen LogP) is 3.93. The molecule has 1 fully saturated rings. The Morgan fingerprint density at radius 3 is 2.61 bits per heavy atom. The number of halogens is 3. The van der Waals surface area contributed by atoms with E-state index in [2.05, 4.69) is 20.0 Å². The maximum Gasteiger partial charge on any atom is 0.459 e. The highest BCUT2D eigenvalue weighted by molar-refractivity contribution is 7.52. The van der Waals surface area contributed by atoms with Crippen molar-refractivity contribution in [3.8, 4) is 5.75 Å². The molecule has 44 heavy (non-hydrogen) atoms. The van der Waals surface area contributed by atoms with Gasteiger partial charge >= 0.3 is 13.7 Å². The van der Waals surface area contributed by atoms with E-state index >= 15 is 4.39 Å². The molecule has 6 atom stereocenters. The lowest BCUT2D eigenvalue weighted by atomic mass is 9.98. The molecule has 0 saturated carbocycles. The van der Waals surface area contributed by atoms with E-state index in [-0.39, 0.29) is 22.7 Å². The molecule has 17 heteroatoms. The van der Waals surface area contributed by atoms with Crippen LogP contribution in [-0.2, 0) is 23.4 Å². The molecule has 0 aliphatic carbocycles. The van der Waals surface area contributed by atoms with Crippen molar-refractivity contribution in [3.63, 3.8) is 0 Å². The van der Waals surface area contributed by atoms with Gasteiger partial charge in [-0.15, -0.1) is 0 Å². The Hall–Kier alpha value is -3.82. The van der Waals surface area contributed by atoms with E-state index < -0.39 is 63.0 Å². The summed E-state index contributed by atoms with van der Waals surface area (Å²) in [6.07, 6.45) is -8.62. The molecule has 0 radical (unpaired) electrons. The van der Waals surface area contributed by atoms with Crippen LogP contribution >= 0.6 is 7.75 Å². The Labute approximate surface area is 249 Å². The van der Waals surface area contributed by atoms with Crippen LogP contribution in [-0.4, -0.2) is 73.6 Å². The number of alkyl halides is 3. The topological polar surface area (TPSA) is 173 Å². The quantitative estimate of drug-likeness (QED) is 0.160. The summed E-state index contributed by atoms with van der Waals surface area (Å²) in [4.78, 5) is 24.3. The highest BCUT2D eigenvalue weighted by atomic mass is 31.2. The number of benzene rings is 2. The first kappa shape index (κ1) is 31.6. The number of hydrogen-bond donors (Lipinski definition) is 3. The maximum atomic E-state index is 15.7. The number of esters is 1. The maximum absolute atomic E-state index is 15.7. The normalized spacial score (nSPS) is 24.2. The summed E-state index contributed by atoms with van der Waals surface area (Å²) < 4.78 is 81.7. The lowest BCUT2D eigenvalue weighted by Gasteiger charge is -2.31. The number of ether oxygens (including phenoxy) is 2. The Kier molecular flexibility index (Phi) is 8.82. The van der Waals surface area contributed by atoms with Gasteiger partial charge in [-0.3, -0.25) is 13.9 Å². The molecule has 0 spiro atoms. The van der Waals surface area contributed by atoms with Crippen molar-refractivity contribution in [2.45, 2.75) is 63.4 Å². The summed E-state index contributed by atoms with van der Waals surface area (Å²) in [5.74, 6) is -0.873. The number of aliphatic hydroxyl groups excluding tert-OH is 1. The molecule has 2 aromatic heterocycles. The SMILES string of the molecule is CC(C)OC(=O)[C@H](C)NP(=O)(OC[C@@]1(C(F)F)O[C@@H](n2cnc3c(N)ncnc32)[C@H](O)[C@H]1F)Oc1ccc2ccccc2c1. The Balaban J connectivity index is 1.45. The minimum absolute atomic E-state index is 0.000680. The monoisotopic (exact) mass is 638 g/mol. The summed E-state index contributed by atoms with van der Waals surface area (Å²) in [7, 11) is -4.75. The number of nitrogens with two attached hydrogens (primary N) is 1. The molecule has 2 aromatic carbocycles. The molecule has 13 nitrogen and oxygen atoms in total. The molecule has 4 N–H and O–H groups in total. The molecular formula is C27H30F3N6O7P. The van der Waals surface area contributed by atoms with E-state index in [0.29, 0.717) is 5.39 Å². The third-order valence-electron chi connectivity index (χ3n) is 6.89. The second-order valence-corrected chi connectivity index (χ2v) is 12.1. The van der Waals surface area contributed by atoms with Gasteiger partial charge in [0.05, 0.1) is 19.0 Å². The number of nitrogens with zero attached hydrogens (tertiary/aromatic N) is 4. The fourth-order valence-corrected chi connectivity index (χ4v) is 6.20. The number of fused-ring (bicyclic) bond motifs is 2. The highest BCUT2D eigenvalue weighted by Gasteiger charge is 2.63. The van der Waals surface area contributed by atoms with Gasteiger partial charge in [0, 0.05) is 0 Å². The molecule has 0 amide bonds. The number of carbonyl (C=O) groups is 1. The first-order chi connectivity index (χ1) is 20.8. The summed E-state index contributed by atoms with van der Waals surface area (Å²) in [5.41, 5.74) is 2.71. The molecule has 0 bridgehead atoms. The van der Waals surface area contributed by atoms with Crippen molar-refractivity contribution in [1.29, 1.82) is 0 Å². The number of nitrogens with one attached hydrogen (secondary N) is 1. The third-order valence-corrected chi connectivity index (χ3v) is 8.52.